The Hall–Kier alpha value is -2.68. The third-order valence-corrected chi connectivity index (χ3v) is 7.95. The minimum Gasteiger partial charge on any atom is -0.361 e. The van der Waals surface area contributed by atoms with Gasteiger partial charge >= 0.3 is 0 Å². The van der Waals surface area contributed by atoms with Gasteiger partial charge in [-0.3, -0.25) is 4.79 Å². The molecule has 4 heterocycles. The number of sulfone groups is 1. The minimum atomic E-state index is -3.09. The van der Waals surface area contributed by atoms with E-state index in [1.807, 2.05) is 32.0 Å². The second-order valence-electron chi connectivity index (χ2n) is 8.31. The second kappa shape index (κ2) is 6.94. The number of amides is 1. The van der Waals surface area contributed by atoms with Crippen LogP contribution in [0.25, 0.3) is 22.2 Å². The molecule has 1 amide bonds. The molecule has 0 spiro atoms. The van der Waals surface area contributed by atoms with E-state index in [2.05, 4.69) is 15.0 Å². The molecule has 2 saturated heterocycles. The molecular formula is C21H24N4O4S. The Morgan fingerprint density at radius 2 is 2.07 bits per heavy atom. The van der Waals surface area contributed by atoms with E-state index >= 15 is 0 Å². The van der Waals surface area contributed by atoms with Gasteiger partial charge < -0.3 is 14.4 Å². The summed E-state index contributed by atoms with van der Waals surface area (Å²) >= 11 is 0. The smallest absolute Gasteiger partial charge is 0.220 e. The molecule has 1 unspecified atom stereocenters. The second-order valence-corrected chi connectivity index (χ2v) is 10.5. The highest BCUT2D eigenvalue weighted by molar-refractivity contribution is 7.91. The van der Waals surface area contributed by atoms with Gasteiger partial charge in [-0.15, -0.1) is 0 Å². The quantitative estimate of drug-likeness (QED) is 0.687. The van der Waals surface area contributed by atoms with Crippen LogP contribution in [0.5, 0.6) is 0 Å². The van der Waals surface area contributed by atoms with E-state index in [-0.39, 0.29) is 29.5 Å². The minimum absolute atomic E-state index is 0.00582. The van der Waals surface area contributed by atoms with Gasteiger partial charge in [0.05, 0.1) is 34.3 Å². The van der Waals surface area contributed by atoms with Gasteiger partial charge in [0.25, 0.3) is 0 Å². The number of fused-ring (bicyclic) bond motifs is 1. The fourth-order valence-corrected chi connectivity index (χ4v) is 6.48. The highest BCUT2D eigenvalue weighted by Crippen LogP contribution is 2.36. The van der Waals surface area contributed by atoms with Crippen molar-refractivity contribution in [1.29, 1.82) is 0 Å². The van der Waals surface area contributed by atoms with Crippen molar-refractivity contribution in [3.05, 3.63) is 35.5 Å². The molecule has 2 aromatic heterocycles. The molecule has 0 bridgehead atoms. The van der Waals surface area contributed by atoms with Crippen molar-refractivity contribution in [2.45, 2.75) is 51.6 Å². The van der Waals surface area contributed by atoms with Gasteiger partial charge in [0, 0.05) is 18.0 Å². The molecular weight excluding hydrogens is 404 g/mol. The largest absolute Gasteiger partial charge is 0.361 e. The number of nitrogens with zero attached hydrogens (tertiary/aromatic N) is 3. The number of hydrogen-bond donors (Lipinski definition) is 1. The number of aryl methyl sites for hydroxylation is 2. The van der Waals surface area contributed by atoms with Gasteiger partial charge in [0.15, 0.2) is 9.84 Å². The number of imidazole rings is 1. The van der Waals surface area contributed by atoms with E-state index in [1.165, 1.54) is 0 Å². The zero-order valence-electron chi connectivity index (χ0n) is 17.0. The van der Waals surface area contributed by atoms with Crippen molar-refractivity contribution in [1.82, 2.24) is 20.0 Å². The third kappa shape index (κ3) is 3.21. The fourth-order valence-electron chi connectivity index (χ4n) is 4.81. The fraction of sp³-hybridized carbons (Fsp3) is 0.476. The highest BCUT2D eigenvalue weighted by Gasteiger charge is 2.33. The lowest BCUT2D eigenvalue weighted by Crippen LogP contribution is -2.30. The molecule has 2 fully saturated rings. The number of aromatic nitrogens is 3. The molecule has 2 aliphatic heterocycles. The number of nitrogens with one attached hydrogen (secondary N) is 1. The molecule has 2 atom stereocenters. The standard InChI is InChI=1S/C21H24N4O4S/c1-12-20(13(2)29-24-12)14-5-7-18-17(10-14)23-21(16-6-8-19(26)22-16)25(18)15-4-3-9-30(27,28)11-15/h5,7,10,15-16H,3-4,6,8-9,11H2,1-2H3,(H,22,26)/t15?,16-/m0/s1. The summed E-state index contributed by atoms with van der Waals surface area (Å²) in [5.41, 5.74) is 4.40. The zero-order valence-corrected chi connectivity index (χ0v) is 17.8. The normalized spacial score (nSPS) is 23.7. The first kappa shape index (κ1) is 19.3. The molecule has 0 saturated carbocycles. The van der Waals surface area contributed by atoms with Crippen LogP contribution >= 0.6 is 0 Å². The van der Waals surface area contributed by atoms with Crippen LogP contribution < -0.4 is 5.32 Å². The lowest BCUT2D eigenvalue weighted by Gasteiger charge is -2.27. The van der Waals surface area contributed by atoms with Crippen LogP contribution in [0.3, 0.4) is 0 Å². The van der Waals surface area contributed by atoms with E-state index in [0.29, 0.717) is 19.3 Å². The molecule has 0 radical (unpaired) electrons. The van der Waals surface area contributed by atoms with Crippen molar-refractivity contribution >= 4 is 26.8 Å². The average Bonchev–Trinajstić information content (AvgIpc) is 3.37. The SMILES string of the molecule is Cc1noc(C)c1-c1ccc2c(c1)nc([C@@H]1CCC(=O)N1)n2C1CCCS(=O)(=O)C1. The molecule has 3 aromatic rings. The van der Waals surface area contributed by atoms with E-state index in [4.69, 9.17) is 9.51 Å². The zero-order chi connectivity index (χ0) is 21.0. The summed E-state index contributed by atoms with van der Waals surface area (Å²) in [4.78, 5) is 16.7. The first-order chi connectivity index (χ1) is 14.3. The van der Waals surface area contributed by atoms with Crippen LogP contribution in [0.1, 0.15) is 55.0 Å². The van der Waals surface area contributed by atoms with Crippen LogP contribution in [-0.4, -0.2) is 40.5 Å². The molecule has 8 nitrogen and oxygen atoms in total. The topological polar surface area (TPSA) is 107 Å². The number of carbonyl (C=O) groups is 1. The van der Waals surface area contributed by atoms with Gasteiger partial charge in [-0.05, 0) is 50.8 Å². The van der Waals surface area contributed by atoms with Crippen molar-refractivity contribution in [3.8, 4) is 11.1 Å². The summed E-state index contributed by atoms with van der Waals surface area (Å²) < 4.78 is 32.0. The molecule has 1 N–H and O–H groups in total. The summed E-state index contributed by atoms with van der Waals surface area (Å²) in [7, 11) is -3.09. The van der Waals surface area contributed by atoms with Crippen LogP contribution in [0, 0.1) is 13.8 Å². The lowest BCUT2D eigenvalue weighted by atomic mass is 10.0. The van der Waals surface area contributed by atoms with Gasteiger partial charge in [-0.2, -0.15) is 0 Å². The molecule has 0 aliphatic carbocycles. The summed E-state index contributed by atoms with van der Waals surface area (Å²) in [6, 6.07) is 5.62. The number of carbonyl (C=O) groups excluding carboxylic acids is 1. The molecule has 2 aliphatic rings. The maximum atomic E-state index is 12.3. The van der Waals surface area contributed by atoms with Crippen molar-refractivity contribution in [2.75, 3.05) is 11.5 Å². The maximum absolute atomic E-state index is 12.3. The van der Waals surface area contributed by atoms with Crippen LogP contribution in [0.2, 0.25) is 0 Å². The summed E-state index contributed by atoms with van der Waals surface area (Å²) in [5.74, 6) is 1.84. The summed E-state index contributed by atoms with van der Waals surface area (Å²) in [5, 5.41) is 7.04. The van der Waals surface area contributed by atoms with E-state index in [0.717, 1.165) is 45.9 Å². The Labute approximate surface area is 174 Å². The number of rotatable bonds is 3. The average molecular weight is 429 g/mol. The molecule has 5 rings (SSSR count). The van der Waals surface area contributed by atoms with Crippen molar-refractivity contribution in [2.24, 2.45) is 0 Å². The van der Waals surface area contributed by atoms with Crippen LogP contribution in [-0.2, 0) is 14.6 Å². The van der Waals surface area contributed by atoms with E-state index in [9.17, 15) is 13.2 Å². The van der Waals surface area contributed by atoms with Crippen LogP contribution in [0.15, 0.2) is 22.7 Å². The van der Waals surface area contributed by atoms with Gasteiger partial charge in [-0.1, -0.05) is 11.2 Å². The van der Waals surface area contributed by atoms with Gasteiger partial charge in [0.1, 0.15) is 11.6 Å². The first-order valence-corrected chi connectivity index (χ1v) is 12.1. The molecule has 1 aromatic carbocycles. The monoisotopic (exact) mass is 428 g/mol. The van der Waals surface area contributed by atoms with Gasteiger partial charge in [-0.25, -0.2) is 13.4 Å². The summed E-state index contributed by atoms with van der Waals surface area (Å²) in [6.45, 7) is 3.78. The van der Waals surface area contributed by atoms with Crippen LogP contribution in [0.4, 0.5) is 0 Å². The van der Waals surface area contributed by atoms with Gasteiger partial charge in [0.2, 0.25) is 5.91 Å². The first-order valence-electron chi connectivity index (χ1n) is 10.3. The Morgan fingerprint density at radius 3 is 2.73 bits per heavy atom. The number of hydrogen-bond acceptors (Lipinski definition) is 6. The Balaban J connectivity index is 1.67. The predicted molar refractivity (Wildman–Crippen MR) is 112 cm³/mol. The van der Waals surface area contributed by atoms with Crippen molar-refractivity contribution < 1.29 is 17.7 Å². The predicted octanol–water partition coefficient (Wildman–Crippen LogP) is 3.01. The highest BCUT2D eigenvalue weighted by atomic mass is 32.2. The molecule has 158 valence electrons. The number of benzene rings is 1. The maximum Gasteiger partial charge on any atom is 0.220 e. The van der Waals surface area contributed by atoms with E-state index in [1.54, 1.807) is 0 Å². The van der Waals surface area contributed by atoms with E-state index < -0.39 is 9.84 Å². The lowest BCUT2D eigenvalue weighted by molar-refractivity contribution is -0.119. The Kier molecular flexibility index (Phi) is 4.46. The molecule has 30 heavy (non-hydrogen) atoms. The third-order valence-electron chi connectivity index (χ3n) is 6.15. The Morgan fingerprint density at radius 1 is 1.23 bits per heavy atom. The Bertz CT molecular complexity index is 1240. The summed E-state index contributed by atoms with van der Waals surface area (Å²) in [6.07, 6.45) is 2.55. The van der Waals surface area contributed by atoms with Crippen molar-refractivity contribution in [3.63, 3.8) is 0 Å². The molecule has 9 heteroatoms.